The van der Waals surface area contributed by atoms with Crippen LogP contribution in [0.5, 0.6) is 5.75 Å². The highest BCUT2D eigenvalue weighted by molar-refractivity contribution is 6.02. The predicted octanol–water partition coefficient (Wildman–Crippen LogP) is 1.61. The number of hydrogen-bond acceptors (Lipinski definition) is 7. The van der Waals surface area contributed by atoms with Gasteiger partial charge >= 0.3 is 0 Å². The number of anilines is 1. The number of carbonyl (C=O) groups excluding carboxylic acids is 2. The highest BCUT2D eigenvalue weighted by Crippen LogP contribution is 2.26. The van der Waals surface area contributed by atoms with Crippen molar-refractivity contribution in [1.82, 2.24) is 19.6 Å². The van der Waals surface area contributed by atoms with Crippen molar-refractivity contribution >= 4 is 17.5 Å². The Morgan fingerprint density at radius 1 is 1.19 bits per heavy atom. The lowest BCUT2D eigenvalue weighted by molar-refractivity contribution is -0.130. The number of rotatable bonds is 8. The summed E-state index contributed by atoms with van der Waals surface area (Å²) < 4.78 is 12.1. The summed E-state index contributed by atoms with van der Waals surface area (Å²) in [4.78, 5) is 29.9. The number of nitrogen functional groups attached to an aromatic ring is 1. The lowest BCUT2D eigenvalue weighted by Gasteiger charge is -2.26. The van der Waals surface area contributed by atoms with Gasteiger partial charge in [0.25, 0.3) is 0 Å². The molecule has 3 heterocycles. The molecule has 2 saturated heterocycles. The summed E-state index contributed by atoms with van der Waals surface area (Å²) in [6.07, 6.45) is 3.52. The van der Waals surface area contributed by atoms with Gasteiger partial charge in [-0.1, -0.05) is 0 Å². The van der Waals surface area contributed by atoms with E-state index < -0.39 is 0 Å². The third kappa shape index (κ3) is 4.94. The predicted molar refractivity (Wildman–Crippen MR) is 120 cm³/mol. The van der Waals surface area contributed by atoms with E-state index in [2.05, 4.69) is 10.00 Å². The first kappa shape index (κ1) is 22.3. The molecule has 4 rings (SSSR count). The minimum absolute atomic E-state index is 0.0501. The standard InChI is InChI=1S/C23H31N5O4/c1-31-19-6-4-18(5-7-19)28-23(24)20(15-25-28)22(30)17-8-10-27(16-17)21(29)3-2-9-26-11-13-32-14-12-26/h4-7,15,17H,2-3,8-14,16,24H2,1H3/t17-/m0/s1. The van der Waals surface area contributed by atoms with Gasteiger partial charge in [0.05, 0.1) is 37.8 Å². The first-order valence-corrected chi connectivity index (χ1v) is 11.2. The molecule has 1 atom stereocenters. The van der Waals surface area contributed by atoms with Gasteiger partial charge < -0.3 is 20.1 Å². The summed E-state index contributed by atoms with van der Waals surface area (Å²) in [6.45, 7) is 5.36. The number of nitrogens with zero attached hydrogens (tertiary/aromatic N) is 4. The van der Waals surface area contributed by atoms with Gasteiger partial charge in [-0.15, -0.1) is 0 Å². The number of morpholine rings is 1. The number of methoxy groups -OCH3 is 1. The maximum atomic E-state index is 13.1. The fourth-order valence-corrected chi connectivity index (χ4v) is 4.33. The lowest BCUT2D eigenvalue weighted by Crippen LogP contribution is -2.37. The van der Waals surface area contributed by atoms with E-state index in [9.17, 15) is 9.59 Å². The largest absolute Gasteiger partial charge is 0.497 e. The van der Waals surface area contributed by atoms with Crippen LogP contribution in [0.25, 0.3) is 5.69 Å². The van der Waals surface area contributed by atoms with Gasteiger partial charge in [0, 0.05) is 38.5 Å². The quantitative estimate of drug-likeness (QED) is 0.621. The van der Waals surface area contributed by atoms with Crippen molar-refractivity contribution in [2.24, 2.45) is 5.92 Å². The molecule has 32 heavy (non-hydrogen) atoms. The van der Waals surface area contributed by atoms with E-state index in [0.29, 0.717) is 37.3 Å². The Balaban J connectivity index is 1.31. The van der Waals surface area contributed by atoms with Crippen LogP contribution in [0.1, 0.15) is 29.6 Å². The number of aromatic nitrogens is 2. The average molecular weight is 442 g/mol. The Kier molecular flexibility index (Phi) is 7.06. The molecule has 1 aromatic heterocycles. The molecule has 0 unspecified atom stereocenters. The van der Waals surface area contributed by atoms with E-state index in [-0.39, 0.29) is 17.6 Å². The molecule has 0 aliphatic carbocycles. The smallest absolute Gasteiger partial charge is 0.222 e. The van der Waals surface area contributed by atoms with Crippen LogP contribution in [0, 0.1) is 5.92 Å². The van der Waals surface area contributed by atoms with E-state index in [1.165, 1.54) is 6.20 Å². The molecule has 0 bridgehead atoms. The number of amides is 1. The van der Waals surface area contributed by atoms with E-state index >= 15 is 0 Å². The maximum Gasteiger partial charge on any atom is 0.222 e. The minimum atomic E-state index is -0.242. The van der Waals surface area contributed by atoms with E-state index in [0.717, 1.165) is 50.7 Å². The van der Waals surface area contributed by atoms with Gasteiger partial charge in [0.2, 0.25) is 5.91 Å². The molecule has 2 aliphatic heterocycles. The first-order chi connectivity index (χ1) is 15.6. The molecular weight excluding hydrogens is 410 g/mol. The van der Waals surface area contributed by atoms with Gasteiger partial charge in [0.15, 0.2) is 5.78 Å². The maximum absolute atomic E-state index is 13.1. The van der Waals surface area contributed by atoms with E-state index in [4.69, 9.17) is 15.2 Å². The van der Waals surface area contributed by atoms with Crippen LogP contribution in [0.2, 0.25) is 0 Å². The normalized spacial score (nSPS) is 19.3. The van der Waals surface area contributed by atoms with E-state index in [1.807, 2.05) is 29.2 Å². The molecule has 1 amide bonds. The van der Waals surface area contributed by atoms with Crippen molar-refractivity contribution in [1.29, 1.82) is 0 Å². The number of ketones is 1. The van der Waals surface area contributed by atoms with Gasteiger partial charge in [-0.05, 0) is 43.7 Å². The summed E-state index contributed by atoms with van der Waals surface area (Å²) >= 11 is 0. The monoisotopic (exact) mass is 441 g/mol. The number of hydrogen-bond donors (Lipinski definition) is 1. The highest BCUT2D eigenvalue weighted by atomic mass is 16.5. The first-order valence-electron chi connectivity index (χ1n) is 11.2. The zero-order chi connectivity index (χ0) is 22.5. The zero-order valence-corrected chi connectivity index (χ0v) is 18.5. The van der Waals surface area contributed by atoms with Crippen LogP contribution in [0.4, 0.5) is 5.82 Å². The molecule has 0 spiro atoms. The van der Waals surface area contributed by atoms with Gasteiger partial charge in [0.1, 0.15) is 11.6 Å². The topological polar surface area (TPSA) is 103 Å². The Hall–Kier alpha value is -2.91. The van der Waals surface area contributed by atoms with Crippen molar-refractivity contribution in [3.8, 4) is 11.4 Å². The molecule has 172 valence electrons. The molecule has 0 saturated carbocycles. The Morgan fingerprint density at radius 3 is 2.66 bits per heavy atom. The van der Waals surface area contributed by atoms with Crippen molar-refractivity contribution in [2.75, 3.05) is 58.8 Å². The van der Waals surface area contributed by atoms with Crippen LogP contribution >= 0.6 is 0 Å². The van der Waals surface area contributed by atoms with Crippen LogP contribution in [-0.2, 0) is 9.53 Å². The molecule has 2 fully saturated rings. The summed E-state index contributed by atoms with van der Waals surface area (Å²) in [7, 11) is 1.60. The van der Waals surface area contributed by atoms with Crippen LogP contribution in [0.3, 0.4) is 0 Å². The molecule has 0 radical (unpaired) electrons. The SMILES string of the molecule is COc1ccc(-n2ncc(C(=O)[C@H]3CCN(C(=O)CCCN4CCOCC4)C3)c2N)cc1. The second-order valence-corrected chi connectivity index (χ2v) is 8.30. The number of likely N-dealkylation sites (tertiary alicyclic amines) is 1. The summed E-state index contributed by atoms with van der Waals surface area (Å²) in [5.41, 5.74) is 7.42. The average Bonchev–Trinajstić information content (AvgIpc) is 3.47. The van der Waals surface area contributed by atoms with Crippen LogP contribution < -0.4 is 10.5 Å². The Morgan fingerprint density at radius 2 is 1.94 bits per heavy atom. The lowest BCUT2D eigenvalue weighted by atomic mass is 9.98. The second-order valence-electron chi connectivity index (χ2n) is 8.30. The second kappa shape index (κ2) is 10.1. The molecule has 9 nitrogen and oxygen atoms in total. The number of Topliss-reactive ketones (excluding diaryl/α,β-unsaturated/α-hetero) is 1. The van der Waals surface area contributed by atoms with Crippen LogP contribution in [0.15, 0.2) is 30.5 Å². The Bertz CT molecular complexity index is 936. The third-order valence-corrected chi connectivity index (χ3v) is 6.27. The number of ether oxygens (including phenoxy) is 2. The van der Waals surface area contributed by atoms with Crippen molar-refractivity contribution in [2.45, 2.75) is 19.3 Å². The molecule has 2 aliphatic rings. The molecule has 1 aromatic carbocycles. The van der Waals surface area contributed by atoms with E-state index in [1.54, 1.807) is 11.8 Å². The number of carbonyl (C=O) groups is 2. The highest BCUT2D eigenvalue weighted by Gasteiger charge is 2.33. The fourth-order valence-electron chi connectivity index (χ4n) is 4.33. The fraction of sp³-hybridized carbons (Fsp3) is 0.522. The molecule has 2 aromatic rings. The molecule has 2 N–H and O–H groups in total. The summed E-state index contributed by atoms with van der Waals surface area (Å²) in [6, 6.07) is 7.31. The summed E-state index contributed by atoms with van der Waals surface area (Å²) in [5.74, 6) is 0.877. The third-order valence-electron chi connectivity index (χ3n) is 6.27. The zero-order valence-electron chi connectivity index (χ0n) is 18.5. The van der Waals surface area contributed by atoms with Gasteiger partial charge in [-0.2, -0.15) is 5.10 Å². The minimum Gasteiger partial charge on any atom is -0.497 e. The van der Waals surface area contributed by atoms with Crippen molar-refractivity contribution in [3.05, 3.63) is 36.0 Å². The van der Waals surface area contributed by atoms with Crippen molar-refractivity contribution < 1.29 is 19.1 Å². The van der Waals surface area contributed by atoms with Gasteiger partial charge in [-0.3, -0.25) is 14.5 Å². The van der Waals surface area contributed by atoms with Crippen LogP contribution in [-0.4, -0.2) is 84.3 Å². The molecular formula is C23H31N5O4. The number of nitrogens with two attached hydrogens (primary N) is 1. The van der Waals surface area contributed by atoms with Gasteiger partial charge in [-0.25, -0.2) is 4.68 Å². The van der Waals surface area contributed by atoms with Crippen molar-refractivity contribution in [3.63, 3.8) is 0 Å². The summed E-state index contributed by atoms with van der Waals surface area (Å²) in [5, 5.41) is 4.31. The Labute approximate surface area is 188 Å². The molecule has 9 heteroatoms. The number of benzene rings is 1.